The van der Waals surface area contributed by atoms with Gasteiger partial charge in [0.05, 0.1) is 12.8 Å². The summed E-state index contributed by atoms with van der Waals surface area (Å²) in [5.74, 6) is -0.0799. The summed E-state index contributed by atoms with van der Waals surface area (Å²) in [5.41, 5.74) is 3.73. The van der Waals surface area contributed by atoms with Crippen LogP contribution in [0.25, 0.3) is 5.69 Å². The minimum absolute atomic E-state index is 0.114. The molecule has 0 aliphatic heterocycles. The monoisotopic (exact) mass is 274 g/mol. The molecule has 1 aromatic carbocycles. The van der Waals surface area contributed by atoms with Crippen molar-refractivity contribution >= 4 is 5.97 Å². The van der Waals surface area contributed by atoms with Crippen LogP contribution in [0.3, 0.4) is 0 Å². The molecule has 20 heavy (non-hydrogen) atoms. The summed E-state index contributed by atoms with van der Waals surface area (Å²) in [5, 5.41) is 13.2. The highest BCUT2D eigenvalue weighted by Crippen LogP contribution is 2.25. The Hall–Kier alpha value is -2.30. The van der Waals surface area contributed by atoms with E-state index in [1.54, 1.807) is 7.11 Å². The molecule has 0 fully saturated rings. The lowest BCUT2D eigenvalue weighted by Crippen LogP contribution is -2.04. The fourth-order valence-corrected chi connectivity index (χ4v) is 2.18. The van der Waals surface area contributed by atoms with Crippen LogP contribution in [0.4, 0.5) is 0 Å². The molecule has 0 unspecified atom stereocenters. The Kier molecular flexibility index (Phi) is 4.08. The number of rotatable bonds is 5. The predicted octanol–water partition coefficient (Wildman–Crippen LogP) is 2.51. The molecule has 2 aromatic rings. The van der Waals surface area contributed by atoms with Gasteiger partial charge in [-0.25, -0.2) is 4.68 Å². The molecule has 2 rings (SSSR count). The van der Waals surface area contributed by atoms with Gasteiger partial charge in [-0.3, -0.25) is 4.79 Å². The number of carboxylic acid groups (broad SMARTS) is 1. The lowest BCUT2D eigenvalue weighted by molar-refractivity contribution is -0.136. The second-order valence-corrected chi connectivity index (χ2v) is 4.74. The van der Waals surface area contributed by atoms with Crippen molar-refractivity contribution in [3.05, 3.63) is 41.2 Å². The zero-order valence-electron chi connectivity index (χ0n) is 11.9. The highest BCUT2D eigenvalue weighted by atomic mass is 16.5. The van der Waals surface area contributed by atoms with E-state index in [9.17, 15) is 4.79 Å². The third-order valence-electron chi connectivity index (χ3n) is 3.11. The van der Waals surface area contributed by atoms with Crippen LogP contribution in [0.2, 0.25) is 0 Å². The van der Waals surface area contributed by atoms with Crippen LogP contribution >= 0.6 is 0 Å². The molecule has 5 nitrogen and oxygen atoms in total. The van der Waals surface area contributed by atoms with Crippen molar-refractivity contribution in [2.24, 2.45) is 0 Å². The maximum Gasteiger partial charge on any atom is 0.303 e. The van der Waals surface area contributed by atoms with E-state index in [2.05, 4.69) is 5.10 Å². The molecule has 0 aliphatic rings. The Morgan fingerprint density at radius 1 is 1.35 bits per heavy atom. The van der Waals surface area contributed by atoms with Crippen LogP contribution in [-0.2, 0) is 11.2 Å². The van der Waals surface area contributed by atoms with Gasteiger partial charge < -0.3 is 9.84 Å². The zero-order chi connectivity index (χ0) is 14.7. The van der Waals surface area contributed by atoms with Gasteiger partial charge in [-0.15, -0.1) is 0 Å². The van der Waals surface area contributed by atoms with Gasteiger partial charge in [-0.2, -0.15) is 5.10 Å². The van der Waals surface area contributed by atoms with Gasteiger partial charge >= 0.3 is 5.97 Å². The molecule has 5 heteroatoms. The summed E-state index contributed by atoms with van der Waals surface area (Å²) < 4.78 is 7.19. The molecular weight excluding hydrogens is 256 g/mol. The van der Waals surface area contributed by atoms with Gasteiger partial charge in [-0.05, 0) is 44.0 Å². The molecule has 1 aromatic heterocycles. The van der Waals surface area contributed by atoms with E-state index in [1.807, 2.05) is 42.8 Å². The molecule has 0 bridgehead atoms. The number of hydrogen-bond acceptors (Lipinski definition) is 3. The molecule has 0 saturated carbocycles. The molecule has 106 valence electrons. The van der Waals surface area contributed by atoms with Crippen LogP contribution in [0.5, 0.6) is 5.75 Å². The molecule has 0 spiro atoms. The minimum Gasteiger partial charge on any atom is -0.494 e. The molecule has 1 N–H and O–H groups in total. The van der Waals surface area contributed by atoms with E-state index in [4.69, 9.17) is 9.84 Å². The van der Waals surface area contributed by atoms with Crippen LogP contribution in [0.15, 0.2) is 24.3 Å². The first-order valence-corrected chi connectivity index (χ1v) is 6.43. The summed E-state index contributed by atoms with van der Waals surface area (Å²) in [6.45, 7) is 3.91. The van der Waals surface area contributed by atoms with E-state index in [1.165, 1.54) is 0 Å². The van der Waals surface area contributed by atoms with E-state index in [0.29, 0.717) is 6.42 Å². The maximum absolute atomic E-state index is 10.7. The summed E-state index contributed by atoms with van der Waals surface area (Å²) in [6, 6.07) is 7.66. The van der Waals surface area contributed by atoms with Crippen molar-refractivity contribution in [1.29, 1.82) is 0 Å². The average Bonchev–Trinajstić information content (AvgIpc) is 2.75. The van der Waals surface area contributed by atoms with Gasteiger partial charge in [0.15, 0.2) is 0 Å². The smallest absolute Gasteiger partial charge is 0.303 e. The third kappa shape index (κ3) is 2.99. The van der Waals surface area contributed by atoms with Crippen molar-refractivity contribution in [2.45, 2.75) is 26.7 Å². The van der Waals surface area contributed by atoms with Gasteiger partial charge in [0.25, 0.3) is 0 Å². The van der Waals surface area contributed by atoms with Crippen molar-refractivity contribution < 1.29 is 14.6 Å². The van der Waals surface area contributed by atoms with E-state index >= 15 is 0 Å². The number of benzene rings is 1. The number of nitrogens with zero attached hydrogens (tertiary/aromatic N) is 2. The molecule has 0 saturated heterocycles. The number of aromatic nitrogens is 2. The SMILES string of the molecule is COc1ccc(CCC(=O)O)cc1-n1nc(C)cc1C. The number of ether oxygens (including phenoxy) is 1. The van der Waals surface area contributed by atoms with E-state index < -0.39 is 5.97 Å². The number of aliphatic carboxylic acids is 1. The summed E-state index contributed by atoms with van der Waals surface area (Å²) >= 11 is 0. The summed E-state index contributed by atoms with van der Waals surface area (Å²) in [6.07, 6.45) is 0.606. The van der Waals surface area contributed by atoms with Crippen molar-refractivity contribution in [3.8, 4) is 11.4 Å². The molecule has 0 aliphatic carbocycles. The second kappa shape index (κ2) is 5.77. The fourth-order valence-electron chi connectivity index (χ4n) is 2.18. The first kappa shape index (κ1) is 14.1. The third-order valence-corrected chi connectivity index (χ3v) is 3.11. The normalized spacial score (nSPS) is 10.6. The molecular formula is C15H18N2O3. The maximum atomic E-state index is 10.7. The Morgan fingerprint density at radius 3 is 2.65 bits per heavy atom. The van der Waals surface area contributed by atoms with Crippen molar-refractivity contribution in [2.75, 3.05) is 7.11 Å². The van der Waals surface area contributed by atoms with Gasteiger partial charge in [0.1, 0.15) is 11.4 Å². The minimum atomic E-state index is -0.798. The second-order valence-electron chi connectivity index (χ2n) is 4.74. The largest absolute Gasteiger partial charge is 0.494 e. The Balaban J connectivity index is 2.41. The summed E-state index contributed by atoms with van der Waals surface area (Å²) in [7, 11) is 1.61. The zero-order valence-corrected chi connectivity index (χ0v) is 11.9. The van der Waals surface area contributed by atoms with Gasteiger partial charge in [-0.1, -0.05) is 6.07 Å². The first-order valence-electron chi connectivity index (χ1n) is 6.43. The first-order chi connectivity index (χ1) is 9.51. The van der Waals surface area contributed by atoms with Crippen LogP contribution in [0.1, 0.15) is 23.4 Å². The number of methoxy groups -OCH3 is 1. The fraction of sp³-hybridized carbons (Fsp3) is 0.333. The van der Waals surface area contributed by atoms with E-state index in [0.717, 1.165) is 28.4 Å². The Labute approximate surface area is 117 Å². The lowest BCUT2D eigenvalue weighted by Gasteiger charge is -2.12. The van der Waals surface area contributed by atoms with Crippen LogP contribution in [0, 0.1) is 13.8 Å². The lowest BCUT2D eigenvalue weighted by atomic mass is 10.1. The molecule has 0 amide bonds. The Morgan fingerprint density at radius 2 is 2.10 bits per heavy atom. The standard InChI is InChI=1S/C15H18N2O3/c1-10-8-11(2)17(16-10)13-9-12(5-7-15(18)19)4-6-14(13)20-3/h4,6,8-9H,5,7H2,1-3H3,(H,18,19). The highest BCUT2D eigenvalue weighted by Gasteiger charge is 2.11. The number of carbonyl (C=O) groups is 1. The summed E-state index contributed by atoms with van der Waals surface area (Å²) in [4.78, 5) is 10.7. The molecule has 1 heterocycles. The Bertz CT molecular complexity index is 632. The topological polar surface area (TPSA) is 64.3 Å². The average molecular weight is 274 g/mol. The molecule has 0 radical (unpaired) electrons. The van der Waals surface area contributed by atoms with Crippen LogP contribution in [-0.4, -0.2) is 28.0 Å². The quantitative estimate of drug-likeness (QED) is 0.910. The van der Waals surface area contributed by atoms with Gasteiger partial charge in [0, 0.05) is 12.1 Å². The number of aryl methyl sites for hydroxylation is 3. The number of hydrogen-bond donors (Lipinski definition) is 1. The molecule has 0 atom stereocenters. The number of carboxylic acids is 1. The van der Waals surface area contributed by atoms with Crippen LogP contribution < -0.4 is 4.74 Å². The van der Waals surface area contributed by atoms with E-state index in [-0.39, 0.29) is 6.42 Å². The van der Waals surface area contributed by atoms with Crippen molar-refractivity contribution in [3.63, 3.8) is 0 Å². The van der Waals surface area contributed by atoms with Crippen molar-refractivity contribution in [1.82, 2.24) is 9.78 Å². The highest BCUT2D eigenvalue weighted by molar-refractivity contribution is 5.67. The predicted molar refractivity (Wildman–Crippen MR) is 75.5 cm³/mol. The van der Waals surface area contributed by atoms with Gasteiger partial charge in [0.2, 0.25) is 0 Å².